The molecule has 1 aliphatic rings. The molecule has 1 aromatic carbocycles. The van der Waals surface area contributed by atoms with Crippen LogP contribution in [0.25, 0.3) is 0 Å². The Kier molecular flexibility index (Phi) is 5.62. The molecule has 3 N–H and O–H groups in total. The second-order valence-electron chi connectivity index (χ2n) is 6.52. The number of nitrogens with zero attached hydrogens (tertiary/aromatic N) is 1. The van der Waals surface area contributed by atoms with Gasteiger partial charge in [0.2, 0.25) is 5.78 Å². The standard InChI is InChI=1S/C19H21N3O6/c1-2-7-22-16(20)15(17(24)21-19(22)26)13(23)10-28-18(25)12-8-11-5-3-4-6-14(11)27-9-12/h3-6,12H,2,7-10,20H2,1H3,(H,21,24,26)/t12-/m0/s1. The van der Waals surface area contributed by atoms with Gasteiger partial charge in [0.15, 0.2) is 6.61 Å². The number of nitrogens with two attached hydrogens (primary N) is 1. The van der Waals surface area contributed by atoms with E-state index in [0.717, 1.165) is 15.9 Å². The fourth-order valence-electron chi connectivity index (χ4n) is 3.11. The first-order chi connectivity index (χ1) is 13.4. The van der Waals surface area contributed by atoms with Crippen LogP contribution in [0.2, 0.25) is 0 Å². The Morgan fingerprint density at radius 2 is 2.07 bits per heavy atom. The van der Waals surface area contributed by atoms with E-state index in [1.54, 1.807) is 0 Å². The predicted octanol–water partition coefficient (Wildman–Crippen LogP) is 0.506. The van der Waals surface area contributed by atoms with Gasteiger partial charge in [-0.15, -0.1) is 0 Å². The molecule has 0 amide bonds. The van der Waals surface area contributed by atoms with E-state index in [9.17, 15) is 19.2 Å². The van der Waals surface area contributed by atoms with Crippen LogP contribution >= 0.6 is 0 Å². The molecule has 1 aromatic heterocycles. The lowest BCUT2D eigenvalue weighted by Crippen LogP contribution is -2.37. The summed E-state index contributed by atoms with van der Waals surface area (Å²) in [6.45, 7) is 1.58. The Hall–Kier alpha value is -3.36. The van der Waals surface area contributed by atoms with Gasteiger partial charge in [-0.1, -0.05) is 25.1 Å². The molecule has 1 aliphatic heterocycles. The number of benzene rings is 1. The fraction of sp³-hybridized carbons (Fsp3) is 0.368. The van der Waals surface area contributed by atoms with Gasteiger partial charge in [0.25, 0.3) is 5.56 Å². The van der Waals surface area contributed by atoms with Crippen molar-refractivity contribution >= 4 is 17.6 Å². The summed E-state index contributed by atoms with van der Waals surface area (Å²) in [5, 5.41) is 0. The number of ketones is 1. The zero-order valence-electron chi connectivity index (χ0n) is 15.4. The molecule has 2 aromatic rings. The highest BCUT2D eigenvalue weighted by molar-refractivity contribution is 6.01. The minimum absolute atomic E-state index is 0.147. The van der Waals surface area contributed by atoms with Crippen molar-refractivity contribution in [1.82, 2.24) is 9.55 Å². The highest BCUT2D eigenvalue weighted by atomic mass is 16.5. The van der Waals surface area contributed by atoms with Crippen molar-refractivity contribution in [2.75, 3.05) is 18.9 Å². The Morgan fingerprint density at radius 1 is 1.32 bits per heavy atom. The number of H-pyrrole nitrogens is 1. The maximum atomic E-state index is 12.4. The van der Waals surface area contributed by atoms with E-state index < -0.39 is 35.5 Å². The highest BCUT2D eigenvalue weighted by Crippen LogP contribution is 2.27. The van der Waals surface area contributed by atoms with Crippen molar-refractivity contribution in [3.05, 3.63) is 56.2 Å². The van der Waals surface area contributed by atoms with Gasteiger partial charge in [0, 0.05) is 6.54 Å². The molecule has 3 rings (SSSR count). The fourth-order valence-corrected chi connectivity index (χ4v) is 3.11. The summed E-state index contributed by atoms with van der Waals surface area (Å²) in [5.41, 5.74) is 4.75. The van der Waals surface area contributed by atoms with Crippen molar-refractivity contribution in [2.24, 2.45) is 5.92 Å². The number of hydrogen-bond acceptors (Lipinski definition) is 7. The van der Waals surface area contributed by atoms with Crippen molar-refractivity contribution in [3.8, 4) is 5.75 Å². The van der Waals surface area contributed by atoms with Crippen molar-refractivity contribution in [2.45, 2.75) is 26.3 Å². The van der Waals surface area contributed by atoms with Gasteiger partial charge in [-0.3, -0.25) is 23.9 Å². The van der Waals surface area contributed by atoms with Crippen LogP contribution in [0.15, 0.2) is 33.9 Å². The molecule has 2 heterocycles. The topological polar surface area (TPSA) is 133 Å². The Labute approximate surface area is 160 Å². The number of rotatable bonds is 6. The SMILES string of the molecule is CCCn1c(N)c(C(=O)COC(=O)[C@@H]2COc3ccccc3C2)c(=O)[nH]c1=O. The molecule has 0 spiro atoms. The van der Waals surface area contributed by atoms with Gasteiger partial charge in [0.1, 0.15) is 23.7 Å². The van der Waals surface area contributed by atoms with Crippen molar-refractivity contribution in [1.29, 1.82) is 0 Å². The summed E-state index contributed by atoms with van der Waals surface area (Å²) in [6.07, 6.45) is 1.02. The number of ether oxygens (including phenoxy) is 2. The van der Waals surface area contributed by atoms with Gasteiger partial charge in [-0.05, 0) is 24.5 Å². The molecule has 0 saturated carbocycles. The van der Waals surface area contributed by atoms with Crippen molar-refractivity contribution < 1.29 is 19.1 Å². The first-order valence-corrected chi connectivity index (χ1v) is 8.95. The summed E-state index contributed by atoms with van der Waals surface area (Å²) in [5.74, 6) is -1.42. The van der Waals surface area contributed by atoms with E-state index in [2.05, 4.69) is 4.98 Å². The van der Waals surface area contributed by atoms with Gasteiger partial charge in [0.05, 0.1) is 5.92 Å². The monoisotopic (exact) mass is 387 g/mol. The quantitative estimate of drug-likeness (QED) is 0.545. The number of nitrogen functional groups attached to an aromatic ring is 1. The van der Waals surface area contributed by atoms with Crippen LogP contribution in [0.5, 0.6) is 5.75 Å². The highest BCUT2D eigenvalue weighted by Gasteiger charge is 2.28. The first-order valence-electron chi connectivity index (χ1n) is 8.95. The van der Waals surface area contributed by atoms with Gasteiger partial charge in [-0.2, -0.15) is 0 Å². The minimum atomic E-state index is -0.897. The lowest BCUT2D eigenvalue weighted by molar-refractivity contribution is -0.148. The Balaban J connectivity index is 1.69. The second kappa shape index (κ2) is 8.12. The van der Waals surface area contributed by atoms with E-state index >= 15 is 0 Å². The van der Waals surface area contributed by atoms with Crippen LogP contribution in [0, 0.1) is 5.92 Å². The molecule has 0 bridgehead atoms. The number of carbonyl (C=O) groups is 2. The maximum absolute atomic E-state index is 12.4. The third kappa shape index (κ3) is 3.83. The summed E-state index contributed by atoms with van der Waals surface area (Å²) >= 11 is 0. The molecule has 0 unspecified atom stereocenters. The largest absolute Gasteiger partial charge is 0.492 e. The van der Waals surface area contributed by atoms with Crippen LogP contribution in [0.1, 0.15) is 29.3 Å². The van der Waals surface area contributed by atoms with E-state index in [1.165, 1.54) is 0 Å². The van der Waals surface area contributed by atoms with Crippen molar-refractivity contribution in [3.63, 3.8) is 0 Å². The van der Waals surface area contributed by atoms with Crippen LogP contribution in [-0.2, 0) is 22.5 Å². The molecule has 0 saturated heterocycles. The maximum Gasteiger partial charge on any atom is 0.329 e. The van der Waals surface area contributed by atoms with Crippen LogP contribution in [0.3, 0.4) is 0 Å². The number of carbonyl (C=O) groups excluding carboxylic acids is 2. The minimum Gasteiger partial charge on any atom is -0.492 e. The molecule has 1 atom stereocenters. The number of fused-ring (bicyclic) bond motifs is 1. The number of para-hydroxylation sites is 1. The predicted molar refractivity (Wildman–Crippen MR) is 100 cm³/mol. The van der Waals surface area contributed by atoms with Crippen LogP contribution in [0.4, 0.5) is 5.82 Å². The normalized spacial score (nSPS) is 15.4. The molecule has 28 heavy (non-hydrogen) atoms. The molecular formula is C19H21N3O6. The van der Waals surface area contributed by atoms with E-state index in [1.807, 2.05) is 31.2 Å². The molecule has 0 radical (unpaired) electrons. The average Bonchev–Trinajstić information content (AvgIpc) is 2.68. The first kappa shape index (κ1) is 19.4. The summed E-state index contributed by atoms with van der Waals surface area (Å²) in [4.78, 5) is 50.6. The van der Waals surface area contributed by atoms with E-state index in [4.69, 9.17) is 15.2 Å². The summed E-state index contributed by atoms with van der Waals surface area (Å²) in [6, 6.07) is 7.37. The van der Waals surface area contributed by atoms with E-state index in [-0.39, 0.29) is 24.5 Å². The number of esters is 1. The molecular weight excluding hydrogens is 366 g/mol. The lowest BCUT2D eigenvalue weighted by atomic mass is 9.97. The number of hydrogen-bond donors (Lipinski definition) is 2. The molecule has 9 nitrogen and oxygen atoms in total. The number of nitrogens with one attached hydrogen (secondary N) is 1. The molecule has 148 valence electrons. The Bertz CT molecular complexity index is 1020. The molecule has 0 fully saturated rings. The zero-order chi connectivity index (χ0) is 20.3. The second-order valence-corrected chi connectivity index (χ2v) is 6.52. The lowest BCUT2D eigenvalue weighted by Gasteiger charge is -2.23. The smallest absolute Gasteiger partial charge is 0.329 e. The molecule has 0 aliphatic carbocycles. The van der Waals surface area contributed by atoms with Gasteiger partial charge < -0.3 is 15.2 Å². The van der Waals surface area contributed by atoms with Gasteiger partial charge >= 0.3 is 11.7 Å². The average molecular weight is 387 g/mol. The third-order valence-electron chi connectivity index (χ3n) is 4.52. The third-order valence-corrected chi connectivity index (χ3v) is 4.52. The van der Waals surface area contributed by atoms with E-state index in [0.29, 0.717) is 12.8 Å². The van der Waals surface area contributed by atoms with Gasteiger partial charge in [-0.25, -0.2) is 4.79 Å². The zero-order valence-corrected chi connectivity index (χ0v) is 15.4. The Morgan fingerprint density at radius 3 is 2.82 bits per heavy atom. The number of anilines is 1. The number of Topliss-reactive ketones (excluding diaryl/α,β-unsaturated/α-hetero) is 1. The van der Waals surface area contributed by atoms with Crippen LogP contribution < -0.4 is 21.7 Å². The summed E-state index contributed by atoms with van der Waals surface area (Å²) < 4.78 is 11.7. The van der Waals surface area contributed by atoms with Crippen LogP contribution in [-0.4, -0.2) is 34.5 Å². The number of aromatic nitrogens is 2. The molecule has 9 heteroatoms. The summed E-state index contributed by atoms with van der Waals surface area (Å²) in [7, 11) is 0. The number of aromatic amines is 1.